The van der Waals surface area contributed by atoms with E-state index in [0.717, 1.165) is 6.42 Å². The normalized spacial score (nSPS) is 9.20. The molecule has 0 rings (SSSR count). The average molecular weight is 221 g/mol. The molecule has 0 aromatic rings. The predicted octanol–water partition coefficient (Wildman–Crippen LogP) is 2.08. The number of rotatable bonds is 7. The molecule has 3 N–H and O–H groups in total. The van der Waals surface area contributed by atoms with Gasteiger partial charge in [0.05, 0.1) is 0 Å². The van der Waals surface area contributed by atoms with Crippen LogP contribution in [0, 0.1) is 0 Å². The van der Waals surface area contributed by atoms with Gasteiger partial charge in [-0.3, -0.25) is 0 Å². The maximum absolute atomic E-state index is 8.47. The van der Waals surface area contributed by atoms with E-state index < -0.39 is 0 Å². The lowest BCUT2D eigenvalue weighted by Gasteiger charge is -1.97. The Kier molecular flexibility index (Phi) is 26.3. The molecule has 0 heterocycles. The van der Waals surface area contributed by atoms with Gasteiger partial charge in [-0.1, -0.05) is 45.4 Å². The van der Waals surface area contributed by atoms with Gasteiger partial charge in [-0.15, -0.1) is 0 Å². The van der Waals surface area contributed by atoms with Crippen LogP contribution in [0.15, 0.2) is 0 Å². The molecule has 0 amide bonds. The molecule has 0 fully saturated rings. The van der Waals surface area contributed by atoms with Crippen LogP contribution in [0.25, 0.3) is 0 Å². The predicted molar refractivity (Wildman–Crippen MR) is 68.3 cm³/mol. The third-order valence-corrected chi connectivity index (χ3v) is 1.76. The van der Waals surface area contributed by atoms with Crippen molar-refractivity contribution in [3.63, 3.8) is 0 Å². The summed E-state index contributed by atoms with van der Waals surface area (Å²) in [5.41, 5.74) is 0. The lowest BCUT2D eigenvalue weighted by atomic mass is 10.1. The monoisotopic (exact) mass is 221 g/mol. The van der Waals surface area contributed by atoms with E-state index in [2.05, 4.69) is 6.92 Å². The minimum Gasteiger partial charge on any atom is -0.412 e. The zero-order valence-electron chi connectivity index (χ0n) is 11.1. The van der Waals surface area contributed by atoms with Crippen molar-refractivity contribution in [1.29, 1.82) is 0 Å². The average Bonchev–Trinajstić information content (AvgIpc) is 2.10. The largest absolute Gasteiger partial charge is 0.412 e. The quantitative estimate of drug-likeness (QED) is 0.669. The van der Waals surface area contributed by atoms with Gasteiger partial charge in [0, 0.05) is 6.61 Å². The SMILES string of the molecule is CCCCCCCCCO.CN(C)C.O. The third kappa shape index (κ3) is 41.4. The van der Waals surface area contributed by atoms with Crippen molar-refractivity contribution in [2.75, 3.05) is 27.7 Å². The second kappa shape index (κ2) is 19.5. The van der Waals surface area contributed by atoms with E-state index in [4.69, 9.17) is 5.11 Å². The minimum absolute atomic E-state index is 0. The van der Waals surface area contributed by atoms with Gasteiger partial charge in [0.15, 0.2) is 0 Å². The molecular weight excluding hydrogens is 190 g/mol. The molecule has 0 saturated heterocycles. The number of aliphatic hydroxyl groups excluding tert-OH is 1. The van der Waals surface area contributed by atoms with Gasteiger partial charge in [-0.25, -0.2) is 0 Å². The molecule has 0 bridgehead atoms. The maximum atomic E-state index is 8.47. The van der Waals surface area contributed by atoms with Crippen molar-refractivity contribution < 1.29 is 10.6 Å². The first-order valence-corrected chi connectivity index (χ1v) is 5.86. The number of hydrogen-bond donors (Lipinski definition) is 1. The standard InChI is InChI=1S/C9H20O.C3H9N.H2O/c1-2-3-4-5-6-7-8-9-10;1-4(2)3;/h10H,2-9H2,1H3;1-3H3;1H2. The number of aliphatic hydroxyl groups is 1. The molecule has 0 aliphatic carbocycles. The van der Waals surface area contributed by atoms with Crippen LogP contribution in [0.4, 0.5) is 0 Å². The highest BCUT2D eigenvalue weighted by molar-refractivity contribution is 4.43. The van der Waals surface area contributed by atoms with Crippen LogP contribution in [0.3, 0.4) is 0 Å². The summed E-state index contributed by atoms with van der Waals surface area (Å²) in [7, 11) is 6.00. The molecule has 0 aliphatic heterocycles. The van der Waals surface area contributed by atoms with Gasteiger partial charge in [0.25, 0.3) is 0 Å². The molecule has 0 aromatic carbocycles. The number of hydrogen-bond acceptors (Lipinski definition) is 2. The molecule has 0 unspecified atom stereocenters. The van der Waals surface area contributed by atoms with E-state index in [1.54, 1.807) is 0 Å². The molecule has 96 valence electrons. The molecule has 0 aliphatic rings. The van der Waals surface area contributed by atoms with Gasteiger partial charge in [-0.2, -0.15) is 0 Å². The Hall–Kier alpha value is -0.120. The summed E-state index contributed by atoms with van der Waals surface area (Å²) in [4.78, 5) is 2.00. The Balaban J connectivity index is -0.000000249. The van der Waals surface area contributed by atoms with Crippen molar-refractivity contribution in [2.45, 2.75) is 51.9 Å². The number of nitrogens with zero attached hydrogens (tertiary/aromatic N) is 1. The smallest absolute Gasteiger partial charge is 0.0431 e. The first-order chi connectivity index (χ1) is 6.65. The van der Waals surface area contributed by atoms with E-state index in [1.165, 1.54) is 38.5 Å². The van der Waals surface area contributed by atoms with Crippen molar-refractivity contribution in [3.05, 3.63) is 0 Å². The Labute approximate surface area is 95.8 Å². The molecule has 0 atom stereocenters. The van der Waals surface area contributed by atoms with Crippen LogP contribution in [0.1, 0.15) is 51.9 Å². The lowest BCUT2D eigenvalue weighted by Crippen LogP contribution is -1.99. The highest BCUT2D eigenvalue weighted by Crippen LogP contribution is 2.05. The Bertz CT molecular complexity index is 76.9. The van der Waals surface area contributed by atoms with Gasteiger partial charge in [0.2, 0.25) is 0 Å². The first-order valence-electron chi connectivity index (χ1n) is 5.86. The zero-order valence-corrected chi connectivity index (χ0v) is 11.1. The second-order valence-electron chi connectivity index (χ2n) is 4.19. The molecule has 0 spiro atoms. The fraction of sp³-hybridized carbons (Fsp3) is 1.00. The highest BCUT2D eigenvalue weighted by Gasteiger charge is 1.88. The van der Waals surface area contributed by atoms with E-state index in [0.29, 0.717) is 6.61 Å². The Morgan fingerprint density at radius 1 is 0.800 bits per heavy atom. The fourth-order valence-electron chi connectivity index (χ4n) is 1.07. The lowest BCUT2D eigenvalue weighted by molar-refractivity contribution is 0.282. The first kappa shape index (κ1) is 20.3. The summed E-state index contributed by atoms with van der Waals surface area (Å²) in [6.45, 7) is 2.60. The topological polar surface area (TPSA) is 55.0 Å². The molecule has 0 radical (unpaired) electrons. The summed E-state index contributed by atoms with van der Waals surface area (Å²) in [5.74, 6) is 0. The van der Waals surface area contributed by atoms with Gasteiger partial charge in [-0.05, 0) is 27.6 Å². The van der Waals surface area contributed by atoms with Crippen LogP contribution in [0.5, 0.6) is 0 Å². The fourth-order valence-corrected chi connectivity index (χ4v) is 1.07. The molecular formula is C12H31NO2. The van der Waals surface area contributed by atoms with Crippen LogP contribution in [-0.2, 0) is 0 Å². The van der Waals surface area contributed by atoms with E-state index in [1.807, 2.05) is 26.0 Å². The Morgan fingerprint density at radius 3 is 1.47 bits per heavy atom. The molecule has 3 nitrogen and oxygen atoms in total. The van der Waals surface area contributed by atoms with Gasteiger partial charge in [0.1, 0.15) is 0 Å². The summed E-state index contributed by atoms with van der Waals surface area (Å²) >= 11 is 0. The van der Waals surface area contributed by atoms with E-state index >= 15 is 0 Å². The van der Waals surface area contributed by atoms with E-state index in [9.17, 15) is 0 Å². The van der Waals surface area contributed by atoms with Crippen LogP contribution >= 0.6 is 0 Å². The summed E-state index contributed by atoms with van der Waals surface area (Å²) in [6, 6.07) is 0. The van der Waals surface area contributed by atoms with Gasteiger partial charge >= 0.3 is 0 Å². The third-order valence-electron chi connectivity index (χ3n) is 1.76. The van der Waals surface area contributed by atoms with Crippen LogP contribution in [0.2, 0.25) is 0 Å². The summed E-state index contributed by atoms with van der Waals surface area (Å²) in [5, 5.41) is 8.47. The molecule has 15 heavy (non-hydrogen) atoms. The van der Waals surface area contributed by atoms with Crippen LogP contribution < -0.4 is 0 Å². The molecule has 0 saturated carbocycles. The van der Waals surface area contributed by atoms with Crippen molar-refractivity contribution in [1.82, 2.24) is 4.90 Å². The zero-order chi connectivity index (χ0) is 11.2. The molecule has 0 aromatic heterocycles. The van der Waals surface area contributed by atoms with Crippen molar-refractivity contribution in [3.8, 4) is 0 Å². The van der Waals surface area contributed by atoms with E-state index in [-0.39, 0.29) is 5.48 Å². The molecule has 3 heteroatoms. The summed E-state index contributed by atoms with van der Waals surface area (Å²) < 4.78 is 0. The van der Waals surface area contributed by atoms with Crippen LogP contribution in [-0.4, -0.2) is 43.2 Å². The van der Waals surface area contributed by atoms with Gasteiger partial charge < -0.3 is 15.5 Å². The maximum Gasteiger partial charge on any atom is 0.0431 e. The minimum atomic E-state index is 0. The Morgan fingerprint density at radius 2 is 1.13 bits per heavy atom. The summed E-state index contributed by atoms with van der Waals surface area (Å²) in [6.07, 6.45) is 8.93. The van der Waals surface area contributed by atoms with Crippen molar-refractivity contribution in [2.24, 2.45) is 0 Å². The number of unbranched alkanes of at least 4 members (excludes halogenated alkanes) is 6. The second-order valence-corrected chi connectivity index (χ2v) is 4.19. The van der Waals surface area contributed by atoms with Crippen molar-refractivity contribution >= 4 is 0 Å². The highest BCUT2D eigenvalue weighted by atomic mass is 16.2.